The smallest absolute Gasteiger partial charge is 0.141 e. The Bertz CT molecular complexity index is 376. The van der Waals surface area contributed by atoms with Crippen LogP contribution in [0.25, 0.3) is 0 Å². The van der Waals surface area contributed by atoms with Crippen molar-refractivity contribution in [1.29, 1.82) is 0 Å². The molecule has 1 aliphatic rings. The minimum absolute atomic E-state index is 0.0717. The molecule has 1 atom stereocenters. The average molecular weight is 224 g/mol. The van der Waals surface area contributed by atoms with E-state index in [-0.39, 0.29) is 18.4 Å². The molecule has 2 rings (SSSR count). The number of nitrogens with zero attached hydrogens (tertiary/aromatic N) is 1. The van der Waals surface area contributed by atoms with Crippen LogP contribution in [0.15, 0.2) is 6.20 Å². The van der Waals surface area contributed by atoms with Crippen LogP contribution in [0.5, 0.6) is 5.75 Å². The van der Waals surface area contributed by atoms with Crippen LogP contribution in [-0.4, -0.2) is 35.0 Å². The number of rotatable bonds is 2. The van der Waals surface area contributed by atoms with Crippen LogP contribution in [0.1, 0.15) is 22.9 Å². The summed E-state index contributed by atoms with van der Waals surface area (Å²) in [7, 11) is 0. The second kappa shape index (κ2) is 4.78. The van der Waals surface area contributed by atoms with Crippen LogP contribution in [0, 0.1) is 6.92 Å². The summed E-state index contributed by atoms with van der Waals surface area (Å²) < 4.78 is 5.36. The Morgan fingerprint density at radius 2 is 2.44 bits per heavy atom. The zero-order valence-corrected chi connectivity index (χ0v) is 9.23. The van der Waals surface area contributed by atoms with E-state index in [1.807, 2.05) is 0 Å². The Morgan fingerprint density at radius 3 is 3.06 bits per heavy atom. The van der Waals surface area contributed by atoms with E-state index in [0.29, 0.717) is 30.0 Å². The molecule has 0 saturated carbocycles. The molecule has 16 heavy (non-hydrogen) atoms. The second-order valence-electron chi connectivity index (χ2n) is 3.87. The summed E-state index contributed by atoms with van der Waals surface area (Å²) in [4.78, 5) is 4.03. The second-order valence-corrected chi connectivity index (χ2v) is 3.87. The molecule has 0 aromatic carbocycles. The van der Waals surface area contributed by atoms with Crippen molar-refractivity contribution in [2.45, 2.75) is 19.6 Å². The molecule has 1 aromatic heterocycles. The van der Waals surface area contributed by atoms with E-state index in [2.05, 4.69) is 10.3 Å². The fourth-order valence-corrected chi connectivity index (χ4v) is 1.92. The summed E-state index contributed by atoms with van der Waals surface area (Å²) in [5.74, 6) is 0.148. The maximum Gasteiger partial charge on any atom is 0.141 e. The molecule has 1 fully saturated rings. The molecule has 5 nitrogen and oxygen atoms in total. The van der Waals surface area contributed by atoms with Crippen molar-refractivity contribution >= 4 is 0 Å². The molecule has 1 aliphatic heterocycles. The third-order valence-corrected chi connectivity index (χ3v) is 2.80. The van der Waals surface area contributed by atoms with Gasteiger partial charge in [-0.2, -0.15) is 0 Å². The Morgan fingerprint density at radius 1 is 1.62 bits per heavy atom. The van der Waals surface area contributed by atoms with E-state index in [1.165, 1.54) is 0 Å². The van der Waals surface area contributed by atoms with Crippen molar-refractivity contribution in [2.24, 2.45) is 0 Å². The molecule has 0 bridgehead atoms. The van der Waals surface area contributed by atoms with Crippen molar-refractivity contribution < 1.29 is 14.9 Å². The number of aryl methyl sites for hydroxylation is 1. The van der Waals surface area contributed by atoms with E-state index in [9.17, 15) is 10.2 Å². The molecule has 0 amide bonds. The first kappa shape index (κ1) is 11.3. The zero-order chi connectivity index (χ0) is 11.5. The summed E-state index contributed by atoms with van der Waals surface area (Å²) in [5, 5.41) is 22.5. The van der Waals surface area contributed by atoms with Gasteiger partial charge in [0.15, 0.2) is 0 Å². The molecule has 88 valence electrons. The van der Waals surface area contributed by atoms with Gasteiger partial charge in [0.2, 0.25) is 0 Å². The first-order chi connectivity index (χ1) is 7.74. The van der Waals surface area contributed by atoms with Gasteiger partial charge in [-0.05, 0) is 6.92 Å². The molecule has 0 aliphatic carbocycles. The lowest BCUT2D eigenvalue weighted by atomic mass is 10.00. The van der Waals surface area contributed by atoms with Gasteiger partial charge >= 0.3 is 0 Å². The van der Waals surface area contributed by atoms with Gasteiger partial charge < -0.3 is 20.3 Å². The molecule has 5 heteroatoms. The predicted molar refractivity (Wildman–Crippen MR) is 58.1 cm³/mol. The maximum atomic E-state index is 9.99. The number of ether oxygens (including phenoxy) is 1. The topological polar surface area (TPSA) is 74.6 Å². The van der Waals surface area contributed by atoms with Gasteiger partial charge in [-0.3, -0.25) is 4.98 Å². The first-order valence-electron chi connectivity index (χ1n) is 5.33. The van der Waals surface area contributed by atoms with Gasteiger partial charge in [0, 0.05) is 23.9 Å². The largest absolute Gasteiger partial charge is 0.506 e. The van der Waals surface area contributed by atoms with E-state index in [0.717, 1.165) is 6.54 Å². The van der Waals surface area contributed by atoms with Crippen molar-refractivity contribution in [3.63, 3.8) is 0 Å². The third-order valence-electron chi connectivity index (χ3n) is 2.80. The van der Waals surface area contributed by atoms with Crippen LogP contribution in [-0.2, 0) is 11.3 Å². The van der Waals surface area contributed by atoms with E-state index < -0.39 is 0 Å². The van der Waals surface area contributed by atoms with Gasteiger partial charge in [0.25, 0.3) is 0 Å². The first-order valence-corrected chi connectivity index (χ1v) is 5.33. The highest BCUT2D eigenvalue weighted by molar-refractivity contribution is 5.43. The lowest BCUT2D eigenvalue weighted by molar-refractivity contribution is 0.0753. The molecule has 2 heterocycles. The Balaban J connectivity index is 2.39. The third kappa shape index (κ3) is 2.02. The Kier molecular flexibility index (Phi) is 3.38. The number of hydrogen-bond acceptors (Lipinski definition) is 5. The maximum absolute atomic E-state index is 9.99. The van der Waals surface area contributed by atoms with Crippen LogP contribution in [0.2, 0.25) is 0 Å². The number of aliphatic hydroxyl groups excluding tert-OH is 1. The summed E-state index contributed by atoms with van der Waals surface area (Å²) in [6.45, 7) is 3.54. The lowest BCUT2D eigenvalue weighted by Gasteiger charge is -2.26. The normalized spacial score (nSPS) is 21.0. The van der Waals surface area contributed by atoms with E-state index in [1.54, 1.807) is 13.1 Å². The quantitative estimate of drug-likeness (QED) is 0.671. The molecule has 3 N–H and O–H groups in total. The van der Waals surface area contributed by atoms with Crippen LogP contribution >= 0.6 is 0 Å². The highest BCUT2D eigenvalue weighted by atomic mass is 16.5. The minimum atomic E-state index is -0.131. The zero-order valence-electron chi connectivity index (χ0n) is 9.23. The molecule has 1 saturated heterocycles. The number of nitrogens with one attached hydrogen (secondary N) is 1. The van der Waals surface area contributed by atoms with Crippen molar-refractivity contribution in [2.75, 3.05) is 19.8 Å². The number of aromatic nitrogens is 1. The van der Waals surface area contributed by atoms with Crippen molar-refractivity contribution in [3.05, 3.63) is 23.0 Å². The van der Waals surface area contributed by atoms with E-state index in [4.69, 9.17) is 4.74 Å². The highest BCUT2D eigenvalue weighted by Crippen LogP contribution is 2.30. The fraction of sp³-hybridized carbons (Fsp3) is 0.545. The number of aliphatic hydroxyl groups is 1. The fourth-order valence-electron chi connectivity index (χ4n) is 1.92. The van der Waals surface area contributed by atoms with Crippen LogP contribution in [0.3, 0.4) is 0 Å². The number of morpholine rings is 1. The van der Waals surface area contributed by atoms with Crippen molar-refractivity contribution in [1.82, 2.24) is 10.3 Å². The Hall–Kier alpha value is -1.17. The average Bonchev–Trinajstić information content (AvgIpc) is 2.33. The lowest BCUT2D eigenvalue weighted by Crippen LogP contribution is -2.35. The SMILES string of the molecule is Cc1ncc(CO)c([C@@H]2COCCN2)c1O. The monoisotopic (exact) mass is 224 g/mol. The molecule has 1 aromatic rings. The van der Waals surface area contributed by atoms with Gasteiger partial charge in [-0.25, -0.2) is 0 Å². The number of hydrogen-bond donors (Lipinski definition) is 3. The minimum Gasteiger partial charge on any atom is -0.506 e. The molecule has 0 unspecified atom stereocenters. The van der Waals surface area contributed by atoms with Gasteiger partial charge in [-0.1, -0.05) is 0 Å². The Labute approximate surface area is 94.1 Å². The summed E-state index contributed by atoms with van der Waals surface area (Å²) >= 11 is 0. The van der Waals surface area contributed by atoms with Crippen LogP contribution in [0.4, 0.5) is 0 Å². The van der Waals surface area contributed by atoms with Gasteiger partial charge in [0.1, 0.15) is 5.75 Å². The van der Waals surface area contributed by atoms with E-state index >= 15 is 0 Å². The molecular formula is C11H16N2O3. The molecule has 0 spiro atoms. The summed E-state index contributed by atoms with van der Waals surface area (Å²) in [5.41, 5.74) is 1.92. The summed E-state index contributed by atoms with van der Waals surface area (Å²) in [6.07, 6.45) is 1.60. The number of aromatic hydroxyl groups is 1. The van der Waals surface area contributed by atoms with Gasteiger partial charge in [0.05, 0.1) is 31.6 Å². The number of pyridine rings is 1. The molecule has 0 radical (unpaired) electrons. The predicted octanol–water partition coefficient (Wildman–Crippen LogP) is 0.249. The highest BCUT2D eigenvalue weighted by Gasteiger charge is 2.23. The standard InChI is InChI=1S/C11H16N2O3/c1-7-11(15)10(8(5-14)4-13-7)9-6-16-3-2-12-9/h4,9,12,14-15H,2-3,5-6H2,1H3/t9-/m0/s1. The molecular weight excluding hydrogens is 208 g/mol. The summed E-state index contributed by atoms with van der Waals surface area (Å²) in [6, 6.07) is -0.0717. The van der Waals surface area contributed by atoms with Gasteiger partial charge in [-0.15, -0.1) is 0 Å². The van der Waals surface area contributed by atoms with Crippen molar-refractivity contribution in [3.8, 4) is 5.75 Å². The van der Waals surface area contributed by atoms with Crippen LogP contribution < -0.4 is 5.32 Å².